The van der Waals surface area contributed by atoms with E-state index >= 15 is 0 Å². The topological polar surface area (TPSA) is 56.7 Å². The lowest BCUT2D eigenvalue weighted by Gasteiger charge is -2.32. The molecule has 1 saturated heterocycles. The molecule has 1 amide bonds. The molecule has 25 heavy (non-hydrogen) atoms. The van der Waals surface area contributed by atoms with Crippen molar-refractivity contribution in [2.24, 2.45) is 10.9 Å². The summed E-state index contributed by atoms with van der Waals surface area (Å²) in [7, 11) is 1.79. The zero-order valence-corrected chi connectivity index (χ0v) is 17.3. The Bertz CT molecular complexity index is 557. The first-order valence-corrected chi connectivity index (χ1v) is 8.55. The second kappa shape index (κ2) is 11.3. The molecule has 0 saturated carbocycles. The Hall–Kier alpha value is -1.38. The Kier molecular flexibility index (Phi) is 9.77. The lowest BCUT2D eigenvalue weighted by Crippen LogP contribution is -2.47. The van der Waals surface area contributed by atoms with Crippen molar-refractivity contribution in [3.8, 4) is 0 Å². The van der Waals surface area contributed by atoms with Crippen LogP contribution in [0, 0.1) is 11.7 Å². The molecule has 1 fully saturated rings. The summed E-state index contributed by atoms with van der Waals surface area (Å²) in [6.45, 7) is 5.50. The van der Waals surface area contributed by atoms with E-state index < -0.39 is 0 Å². The number of rotatable bonds is 5. The van der Waals surface area contributed by atoms with Gasteiger partial charge in [-0.25, -0.2) is 4.39 Å². The third kappa shape index (κ3) is 7.58. The molecule has 1 heterocycles. The van der Waals surface area contributed by atoms with E-state index in [1.165, 1.54) is 25.0 Å². The molecule has 1 aliphatic heterocycles. The maximum absolute atomic E-state index is 12.8. The predicted molar refractivity (Wildman–Crippen MR) is 110 cm³/mol. The molecule has 0 radical (unpaired) electrons. The molecule has 0 spiro atoms. The summed E-state index contributed by atoms with van der Waals surface area (Å²) < 4.78 is 12.8. The minimum absolute atomic E-state index is 0. The van der Waals surface area contributed by atoms with Crippen LogP contribution < -0.4 is 10.6 Å². The van der Waals surface area contributed by atoms with Crippen LogP contribution in [-0.2, 0) is 11.2 Å². The molecule has 1 aliphatic rings. The average molecular weight is 462 g/mol. The first kappa shape index (κ1) is 21.7. The molecule has 7 heteroatoms. The Balaban J connectivity index is 0.00000312. The molecule has 0 unspecified atom stereocenters. The van der Waals surface area contributed by atoms with Gasteiger partial charge in [0.15, 0.2) is 5.96 Å². The fourth-order valence-corrected chi connectivity index (χ4v) is 2.78. The summed E-state index contributed by atoms with van der Waals surface area (Å²) in [5.41, 5.74) is 0.806. The standard InChI is InChI=1S/C18H27FN4O.HI/c1-14-7-11-23(12-8-14)18(20-2)22-10-9-21-17(24)13-15-3-5-16(19)6-4-15;/h3-6,14H,7-13H2,1-2H3,(H,20,22)(H,21,24);1H. The van der Waals surface area contributed by atoms with Gasteiger partial charge in [0.05, 0.1) is 6.42 Å². The molecule has 0 aromatic heterocycles. The van der Waals surface area contributed by atoms with E-state index in [0.717, 1.165) is 30.5 Å². The zero-order chi connectivity index (χ0) is 17.4. The van der Waals surface area contributed by atoms with Gasteiger partial charge < -0.3 is 15.5 Å². The van der Waals surface area contributed by atoms with Gasteiger partial charge in [0.1, 0.15) is 5.82 Å². The number of benzene rings is 1. The van der Waals surface area contributed by atoms with E-state index in [-0.39, 0.29) is 42.1 Å². The van der Waals surface area contributed by atoms with Crippen LogP contribution in [0.1, 0.15) is 25.3 Å². The summed E-state index contributed by atoms with van der Waals surface area (Å²) in [5, 5.41) is 6.16. The van der Waals surface area contributed by atoms with Gasteiger partial charge in [0.2, 0.25) is 5.91 Å². The molecule has 1 aromatic carbocycles. The van der Waals surface area contributed by atoms with Crippen LogP contribution in [0.4, 0.5) is 4.39 Å². The fourth-order valence-electron chi connectivity index (χ4n) is 2.78. The number of nitrogens with zero attached hydrogens (tertiary/aromatic N) is 2. The Morgan fingerprint density at radius 3 is 2.40 bits per heavy atom. The number of hydrogen-bond acceptors (Lipinski definition) is 2. The molecule has 2 N–H and O–H groups in total. The van der Waals surface area contributed by atoms with Crippen molar-refractivity contribution in [3.05, 3.63) is 35.6 Å². The number of amides is 1. The highest BCUT2D eigenvalue weighted by atomic mass is 127. The van der Waals surface area contributed by atoms with E-state index in [2.05, 4.69) is 27.4 Å². The average Bonchev–Trinajstić information content (AvgIpc) is 2.58. The molecule has 2 rings (SSSR count). The Labute approximate surface area is 166 Å². The molecule has 1 aromatic rings. The van der Waals surface area contributed by atoms with Crippen molar-refractivity contribution in [3.63, 3.8) is 0 Å². The van der Waals surface area contributed by atoms with Gasteiger partial charge in [-0.2, -0.15) is 0 Å². The van der Waals surface area contributed by atoms with Crippen LogP contribution in [0.5, 0.6) is 0 Å². The smallest absolute Gasteiger partial charge is 0.224 e. The van der Waals surface area contributed by atoms with Crippen molar-refractivity contribution in [2.75, 3.05) is 33.2 Å². The lowest BCUT2D eigenvalue weighted by molar-refractivity contribution is -0.120. The number of guanidine groups is 1. The van der Waals surface area contributed by atoms with Crippen molar-refractivity contribution in [2.45, 2.75) is 26.2 Å². The number of hydrogen-bond donors (Lipinski definition) is 2. The Morgan fingerprint density at radius 1 is 1.20 bits per heavy atom. The SMILES string of the molecule is CN=C(NCCNC(=O)Cc1ccc(F)cc1)N1CCC(C)CC1.I. The first-order chi connectivity index (χ1) is 11.6. The normalized spacial score (nSPS) is 15.5. The van der Waals surface area contributed by atoms with Gasteiger partial charge >= 0.3 is 0 Å². The van der Waals surface area contributed by atoms with Crippen LogP contribution in [-0.4, -0.2) is 50.0 Å². The highest BCUT2D eigenvalue weighted by Crippen LogP contribution is 2.15. The Morgan fingerprint density at radius 2 is 1.80 bits per heavy atom. The van der Waals surface area contributed by atoms with Gasteiger partial charge in [-0.1, -0.05) is 19.1 Å². The minimum Gasteiger partial charge on any atom is -0.354 e. The van der Waals surface area contributed by atoms with Gasteiger partial charge in [-0.3, -0.25) is 9.79 Å². The maximum Gasteiger partial charge on any atom is 0.224 e. The summed E-state index contributed by atoms with van der Waals surface area (Å²) in [6.07, 6.45) is 2.64. The van der Waals surface area contributed by atoms with E-state index in [0.29, 0.717) is 13.1 Å². The summed E-state index contributed by atoms with van der Waals surface area (Å²) in [4.78, 5) is 18.5. The molecule has 0 aliphatic carbocycles. The van der Waals surface area contributed by atoms with Crippen LogP contribution in [0.3, 0.4) is 0 Å². The molecule has 0 atom stereocenters. The number of halogens is 2. The minimum atomic E-state index is -0.290. The lowest BCUT2D eigenvalue weighted by atomic mass is 10.00. The van der Waals surface area contributed by atoms with Crippen molar-refractivity contribution in [1.29, 1.82) is 0 Å². The summed E-state index contributed by atoms with van der Waals surface area (Å²) in [6, 6.07) is 6.00. The number of aliphatic imine (C=N–C) groups is 1. The fraction of sp³-hybridized carbons (Fsp3) is 0.556. The van der Waals surface area contributed by atoms with Gasteiger partial charge in [0, 0.05) is 33.2 Å². The number of nitrogens with one attached hydrogen (secondary N) is 2. The number of carbonyl (C=O) groups excluding carboxylic acids is 1. The number of carbonyl (C=O) groups is 1. The largest absolute Gasteiger partial charge is 0.354 e. The van der Waals surface area contributed by atoms with Crippen molar-refractivity contribution in [1.82, 2.24) is 15.5 Å². The summed E-state index contributed by atoms with van der Waals surface area (Å²) >= 11 is 0. The molecule has 140 valence electrons. The van der Waals surface area contributed by atoms with Gasteiger partial charge in [-0.05, 0) is 36.5 Å². The monoisotopic (exact) mass is 462 g/mol. The second-order valence-corrected chi connectivity index (χ2v) is 6.30. The second-order valence-electron chi connectivity index (χ2n) is 6.30. The van der Waals surface area contributed by atoms with Gasteiger partial charge in [-0.15, -0.1) is 24.0 Å². The maximum atomic E-state index is 12.8. The molecule has 0 bridgehead atoms. The third-order valence-electron chi connectivity index (χ3n) is 4.30. The van der Waals surface area contributed by atoms with Crippen LogP contribution >= 0.6 is 24.0 Å². The van der Waals surface area contributed by atoms with Crippen LogP contribution in [0.2, 0.25) is 0 Å². The molecular formula is C18H28FIN4O. The van der Waals surface area contributed by atoms with E-state index in [1.807, 2.05) is 0 Å². The van der Waals surface area contributed by atoms with E-state index in [1.54, 1.807) is 19.2 Å². The molecular weight excluding hydrogens is 434 g/mol. The molecule has 5 nitrogen and oxygen atoms in total. The zero-order valence-electron chi connectivity index (χ0n) is 14.9. The van der Waals surface area contributed by atoms with E-state index in [9.17, 15) is 9.18 Å². The predicted octanol–water partition coefficient (Wildman–Crippen LogP) is 2.41. The van der Waals surface area contributed by atoms with Crippen molar-refractivity contribution < 1.29 is 9.18 Å². The third-order valence-corrected chi connectivity index (χ3v) is 4.30. The van der Waals surface area contributed by atoms with Crippen LogP contribution in [0.15, 0.2) is 29.3 Å². The highest BCUT2D eigenvalue weighted by Gasteiger charge is 2.18. The van der Waals surface area contributed by atoms with Gasteiger partial charge in [0.25, 0.3) is 0 Å². The van der Waals surface area contributed by atoms with E-state index in [4.69, 9.17) is 0 Å². The highest BCUT2D eigenvalue weighted by molar-refractivity contribution is 14.0. The summed E-state index contributed by atoms with van der Waals surface area (Å²) in [5.74, 6) is 1.33. The number of likely N-dealkylation sites (tertiary alicyclic amines) is 1. The number of piperidine rings is 1. The quantitative estimate of drug-likeness (QED) is 0.306. The first-order valence-electron chi connectivity index (χ1n) is 8.55. The van der Waals surface area contributed by atoms with Crippen molar-refractivity contribution >= 4 is 35.8 Å². The van der Waals surface area contributed by atoms with Crippen LogP contribution in [0.25, 0.3) is 0 Å².